The van der Waals surface area contributed by atoms with Crippen molar-refractivity contribution < 1.29 is 9.90 Å². The van der Waals surface area contributed by atoms with E-state index < -0.39 is 5.60 Å². The molecule has 4 fully saturated rings. The Morgan fingerprint density at radius 1 is 1.04 bits per heavy atom. The lowest BCUT2D eigenvalue weighted by Crippen LogP contribution is -2.47. The maximum Gasteiger partial charge on any atom is 0.159 e. The van der Waals surface area contributed by atoms with Crippen LogP contribution in [-0.2, 0) is 11.3 Å². The van der Waals surface area contributed by atoms with Crippen molar-refractivity contribution in [2.24, 2.45) is 40.9 Å². The van der Waals surface area contributed by atoms with Crippen LogP contribution in [0, 0.1) is 40.9 Å². The van der Waals surface area contributed by atoms with Crippen molar-refractivity contribution in [2.75, 3.05) is 0 Å². The van der Waals surface area contributed by atoms with Gasteiger partial charge in [0.05, 0.1) is 18.0 Å². The molecule has 148 valence electrons. The maximum absolute atomic E-state index is 13.1. The third-order valence-electron chi connectivity index (χ3n) is 9.05. The third-order valence-corrected chi connectivity index (χ3v) is 9.05. The van der Waals surface area contributed by atoms with E-state index in [0.29, 0.717) is 24.2 Å². The van der Waals surface area contributed by atoms with Crippen LogP contribution < -0.4 is 0 Å². The number of hydrogen-bond acceptors (Lipinski definition) is 4. The van der Waals surface area contributed by atoms with Gasteiger partial charge in [0.2, 0.25) is 0 Å². The largest absolute Gasteiger partial charge is 0.390 e. The van der Waals surface area contributed by atoms with Gasteiger partial charge in [-0.15, -0.1) is 0 Å². The first-order chi connectivity index (χ1) is 12.9. The SMILES string of the molecule is C[C@]1(O)C[C@H]2CC[C@@H]3[C@H](CC[C@]4(C)[C@@H](C(=O)Cn5nccn5)CC[C@@H]34)[C@H]2C1. The van der Waals surface area contributed by atoms with Crippen LogP contribution in [0.4, 0.5) is 0 Å². The number of carbonyl (C=O) groups excluding carboxylic acids is 1. The lowest BCUT2D eigenvalue weighted by Gasteiger charge is -2.53. The number of nitrogens with zero attached hydrogens (tertiary/aromatic N) is 3. The number of aliphatic hydroxyl groups is 1. The molecule has 1 N–H and O–H groups in total. The van der Waals surface area contributed by atoms with E-state index in [1.165, 1.54) is 36.9 Å². The molecule has 8 atom stereocenters. The first-order valence-corrected chi connectivity index (χ1v) is 11.0. The fraction of sp³-hybridized carbons (Fsp3) is 0.864. The van der Waals surface area contributed by atoms with Gasteiger partial charge in [-0.1, -0.05) is 6.92 Å². The van der Waals surface area contributed by atoms with Crippen LogP contribution in [0.5, 0.6) is 0 Å². The summed E-state index contributed by atoms with van der Waals surface area (Å²) in [6.45, 7) is 4.76. The van der Waals surface area contributed by atoms with Gasteiger partial charge in [0.1, 0.15) is 6.54 Å². The minimum atomic E-state index is -0.448. The van der Waals surface area contributed by atoms with Gasteiger partial charge in [-0.3, -0.25) is 4.79 Å². The monoisotopic (exact) mass is 371 g/mol. The highest BCUT2D eigenvalue weighted by molar-refractivity contribution is 5.81. The van der Waals surface area contributed by atoms with Crippen LogP contribution in [-0.4, -0.2) is 31.5 Å². The van der Waals surface area contributed by atoms with Crippen LogP contribution in [0.15, 0.2) is 12.4 Å². The van der Waals surface area contributed by atoms with Gasteiger partial charge in [0.25, 0.3) is 0 Å². The van der Waals surface area contributed by atoms with Gasteiger partial charge >= 0.3 is 0 Å². The Morgan fingerprint density at radius 3 is 2.59 bits per heavy atom. The van der Waals surface area contributed by atoms with Crippen molar-refractivity contribution in [3.8, 4) is 0 Å². The Hall–Kier alpha value is -1.23. The van der Waals surface area contributed by atoms with E-state index in [4.69, 9.17) is 0 Å². The second-order valence-corrected chi connectivity index (χ2v) is 10.5. The predicted molar refractivity (Wildman–Crippen MR) is 102 cm³/mol. The van der Waals surface area contributed by atoms with E-state index in [-0.39, 0.29) is 11.3 Å². The molecular weight excluding hydrogens is 338 g/mol. The molecule has 0 unspecified atom stereocenters. The molecule has 0 saturated heterocycles. The molecular formula is C22H33N3O2. The molecule has 4 aliphatic carbocycles. The number of fused-ring (bicyclic) bond motifs is 5. The first kappa shape index (κ1) is 17.8. The number of Topliss-reactive ketones (excluding diaryl/α,β-unsaturated/α-hetero) is 1. The second-order valence-electron chi connectivity index (χ2n) is 10.5. The van der Waals surface area contributed by atoms with Crippen LogP contribution >= 0.6 is 0 Å². The van der Waals surface area contributed by atoms with Gasteiger partial charge < -0.3 is 5.11 Å². The molecule has 0 amide bonds. The fourth-order valence-electron chi connectivity index (χ4n) is 8.06. The molecule has 1 aromatic rings. The van der Waals surface area contributed by atoms with E-state index in [1.807, 2.05) is 6.92 Å². The summed E-state index contributed by atoms with van der Waals surface area (Å²) in [5.41, 5.74) is -0.296. The van der Waals surface area contributed by atoms with Crippen LogP contribution in [0.1, 0.15) is 65.2 Å². The maximum atomic E-state index is 13.1. The first-order valence-electron chi connectivity index (χ1n) is 11.0. The summed E-state index contributed by atoms with van der Waals surface area (Å²) in [4.78, 5) is 14.6. The van der Waals surface area contributed by atoms with Gasteiger partial charge in [-0.2, -0.15) is 15.0 Å². The molecule has 0 aliphatic heterocycles. The van der Waals surface area contributed by atoms with Gasteiger partial charge in [-0.05, 0) is 93.3 Å². The summed E-state index contributed by atoms with van der Waals surface area (Å²) >= 11 is 0. The van der Waals surface area contributed by atoms with E-state index in [0.717, 1.165) is 37.0 Å². The van der Waals surface area contributed by atoms with E-state index >= 15 is 0 Å². The lowest BCUT2D eigenvalue weighted by atomic mass is 9.51. The zero-order valence-corrected chi connectivity index (χ0v) is 16.7. The van der Waals surface area contributed by atoms with Gasteiger partial charge in [0.15, 0.2) is 5.78 Å². The molecule has 1 aromatic heterocycles. The Morgan fingerprint density at radius 2 is 1.81 bits per heavy atom. The zero-order valence-electron chi connectivity index (χ0n) is 16.7. The van der Waals surface area contributed by atoms with Crippen molar-refractivity contribution in [3.63, 3.8) is 0 Å². The topological polar surface area (TPSA) is 68.0 Å². The molecule has 0 bridgehead atoms. The average molecular weight is 372 g/mol. The minimum absolute atomic E-state index is 0.152. The summed E-state index contributed by atoms with van der Waals surface area (Å²) in [5.74, 6) is 4.16. The fourth-order valence-corrected chi connectivity index (χ4v) is 8.06. The smallest absolute Gasteiger partial charge is 0.159 e. The zero-order chi connectivity index (χ0) is 18.8. The molecule has 1 heterocycles. The normalized spacial score (nSPS) is 48.7. The summed E-state index contributed by atoms with van der Waals surface area (Å²) in [6, 6.07) is 0. The highest BCUT2D eigenvalue weighted by Crippen LogP contribution is 2.65. The molecule has 5 nitrogen and oxygen atoms in total. The summed E-state index contributed by atoms with van der Waals surface area (Å²) in [7, 11) is 0. The number of hydrogen-bond donors (Lipinski definition) is 1. The molecule has 0 aromatic carbocycles. The molecule has 5 heteroatoms. The number of ketones is 1. The van der Waals surface area contributed by atoms with Gasteiger partial charge in [-0.25, -0.2) is 0 Å². The van der Waals surface area contributed by atoms with Crippen molar-refractivity contribution in [1.82, 2.24) is 15.0 Å². The van der Waals surface area contributed by atoms with Gasteiger partial charge in [0, 0.05) is 5.92 Å². The standard InChI is InChI=1S/C22H33N3O2/c1-21(27)11-14-3-4-16-15(17(14)12-21)7-8-22(2)18(16)5-6-19(22)20(26)13-25-23-9-10-24-25/h9-10,14-19,27H,3-8,11-13H2,1-2H3/t14-,15+,16-,17+,18+,19-,21+,22+/m1/s1. The summed E-state index contributed by atoms with van der Waals surface area (Å²) in [6.07, 6.45) is 12.5. The number of aromatic nitrogens is 3. The number of carbonyl (C=O) groups is 1. The molecule has 5 rings (SSSR count). The van der Waals surface area contributed by atoms with E-state index in [1.54, 1.807) is 12.4 Å². The average Bonchev–Trinajstić information content (AvgIpc) is 3.29. The quantitative estimate of drug-likeness (QED) is 0.883. The van der Waals surface area contributed by atoms with E-state index in [9.17, 15) is 9.90 Å². The van der Waals surface area contributed by atoms with Crippen LogP contribution in [0.25, 0.3) is 0 Å². The predicted octanol–water partition coefficient (Wildman–Crippen LogP) is 3.48. The third kappa shape index (κ3) is 2.80. The highest BCUT2D eigenvalue weighted by atomic mass is 16.3. The second kappa shape index (κ2) is 6.13. The Kier molecular flexibility index (Phi) is 4.05. The van der Waals surface area contributed by atoms with Crippen LogP contribution in [0.3, 0.4) is 0 Å². The summed E-state index contributed by atoms with van der Waals surface area (Å²) < 4.78 is 0. The van der Waals surface area contributed by atoms with Crippen molar-refractivity contribution in [3.05, 3.63) is 12.4 Å². The Balaban J connectivity index is 1.34. The van der Waals surface area contributed by atoms with Crippen LogP contribution in [0.2, 0.25) is 0 Å². The molecule has 4 saturated carbocycles. The molecule has 0 spiro atoms. The lowest BCUT2D eigenvalue weighted by molar-refractivity contribution is -0.130. The van der Waals surface area contributed by atoms with E-state index in [2.05, 4.69) is 17.1 Å². The molecule has 27 heavy (non-hydrogen) atoms. The summed E-state index contributed by atoms with van der Waals surface area (Å²) in [5, 5.41) is 18.9. The van der Waals surface area contributed by atoms with Crippen molar-refractivity contribution in [1.29, 1.82) is 0 Å². The Bertz CT molecular complexity index is 715. The molecule has 0 radical (unpaired) electrons. The number of rotatable bonds is 3. The Labute approximate surface area is 161 Å². The highest BCUT2D eigenvalue weighted by Gasteiger charge is 2.59. The molecule has 4 aliphatic rings. The van der Waals surface area contributed by atoms with Crippen molar-refractivity contribution >= 4 is 5.78 Å². The minimum Gasteiger partial charge on any atom is -0.390 e. The van der Waals surface area contributed by atoms with Crippen molar-refractivity contribution in [2.45, 2.75) is 77.4 Å².